The molecule has 24 heavy (non-hydrogen) atoms. The van der Waals surface area contributed by atoms with E-state index in [1.54, 1.807) is 7.11 Å². The highest BCUT2D eigenvalue weighted by molar-refractivity contribution is 9.10. The summed E-state index contributed by atoms with van der Waals surface area (Å²) in [5.41, 5.74) is 2.56. The Kier molecular flexibility index (Phi) is 4.64. The number of hydrogen-bond acceptors (Lipinski definition) is 4. The van der Waals surface area contributed by atoms with Crippen LogP contribution in [0.25, 0.3) is 0 Å². The molecule has 0 radical (unpaired) electrons. The molecule has 1 aliphatic heterocycles. The van der Waals surface area contributed by atoms with Gasteiger partial charge in [-0.2, -0.15) is 9.52 Å². The van der Waals surface area contributed by atoms with E-state index in [1.807, 2.05) is 48.5 Å². The lowest BCUT2D eigenvalue weighted by molar-refractivity contribution is 0.374. The summed E-state index contributed by atoms with van der Waals surface area (Å²) in [6, 6.07) is 14.8. The van der Waals surface area contributed by atoms with Gasteiger partial charge in [0, 0.05) is 10.9 Å². The molecular weight excluding hydrogens is 392 g/mol. The largest absolute Gasteiger partial charge is 0.497 e. The molecule has 0 N–H and O–H groups in total. The minimum absolute atomic E-state index is 0.343. The van der Waals surface area contributed by atoms with E-state index in [0.717, 1.165) is 27.1 Å². The van der Waals surface area contributed by atoms with Crippen molar-refractivity contribution in [3.05, 3.63) is 64.1 Å². The number of sulfonamides is 1. The Morgan fingerprint density at radius 3 is 2.29 bits per heavy atom. The molecule has 0 saturated heterocycles. The summed E-state index contributed by atoms with van der Waals surface area (Å²) in [6.45, 7) is 0. The van der Waals surface area contributed by atoms with Gasteiger partial charge in [-0.1, -0.05) is 40.2 Å². The molecule has 0 aliphatic carbocycles. The van der Waals surface area contributed by atoms with Gasteiger partial charge in [-0.3, -0.25) is 0 Å². The van der Waals surface area contributed by atoms with Crippen molar-refractivity contribution < 1.29 is 13.2 Å². The lowest BCUT2D eigenvalue weighted by Gasteiger charge is -2.21. The number of rotatable bonds is 4. The second-order valence-electron chi connectivity index (χ2n) is 5.58. The lowest BCUT2D eigenvalue weighted by atomic mass is 9.99. The Morgan fingerprint density at radius 2 is 1.75 bits per heavy atom. The lowest BCUT2D eigenvalue weighted by Crippen LogP contribution is -2.25. The van der Waals surface area contributed by atoms with Crippen molar-refractivity contribution in [2.75, 3.05) is 13.4 Å². The van der Waals surface area contributed by atoms with E-state index in [2.05, 4.69) is 21.0 Å². The number of halogens is 1. The smallest absolute Gasteiger partial charge is 0.247 e. The van der Waals surface area contributed by atoms with Crippen LogP contribution in [0.5, 0.6) is 5.75 Å². The van der Waals surface area contributed by atoms with Crippen LogP contribution in [-0.4, -0.2) is 31.9 Å². The van der Waals surface area contributed by atoms with Crippen molar-refractivity contribution in [3.63, 3.8) is 0 Å². The van der Waals surface area contributed by atoms with Crippen molar-refractivity contribution in [2.45, 2.75) is 12.5 Å². The van der Waals surface area contributed by atoms with Gasteiger partial charge in [0.05, 0.1) is 25.1 Å². The second-order valence-corrected chi connectivity index (χ2v) is 8.34. The first-order valence-corrected chi connectivity index (χ1v) is 9.99. The summed E-state index contributed by atoms with van der Waals surface area (Å²) in [7, 11) is -1.86. The summed E-state index contributed by atoms with van der Waals surface area (Å²) >= 11 is 3.40. The fourth-order valence-electron chi connectivity index (χ4n) is 2.69. The highest BCUT2D eigenvalue weighted by Gasteiger charge is 2.34. The SMILES string of the molecule is COc1ccc(C2CC(c3ccc(Br)cc3)=NN2S(C)(=O)=O)cc1. The van der Waals surface area contributed by atoms with Crippen molar-refractivity contribution in [1.29, 1.82) is 0 Å². The van der Waals surface area contributed by atoms with Gasteiger partial charge in [-0.15, -0.1) is 0 Å². The molecular formula is C17H17BrN2O3S. The van der Waals surface area contributed by atoms with E-state index in [1.165, 1.54) is 10.7 Å². The molecule has 3 rings (SSSR count). The topological polar surface area (TPSA) is 59.0 Å². The zero-order valence-electron chi connectivity index (χ0n) is 13.3. The zero-order valence-corrected chi connectivity index (χ0v) is 15.7. The van der Waals surface area contributed by atoms with Gasteiger partial charge >= 0.3 is 0 Å². The molecule has 126 valence electrons. The monoisotopic (exact) mass is 408 g/mol. The summed E-state index contributed by atoms with van der Waals surface area (Å²) in [4.78, 5) is 0. The highest BCUT2D eigenvalue weighted by Crippen LogP contribution is 2.35. The first-order chi connectivity index (χ1) is 11.4. The van der Waals surface area contributed by atoms with Crippen molar-refractivity contribution in [2.24, 2.45) is 5.10 Å². The molecule has 2 aromatic rings. The molecule has 0 spiro atoms. The average molecular weight is 409 g/mol. The molecule has 0 aromatic heterocycles. The predicted octanol–water partition coefficient (Wildman–Crippen LogP) is 3.57. The first-order valence-electron chi connectivity index (χ1n) is 7.35. The quantitative estimate of drug-likeness (QED) is 0.776. The summed E-state index contributed by atoms with van der Waals surface area (Å²) < 4.78 is 31.6. The Bertz CT molecular complexity index is 862. The van der Waals surface area contributed by atoms with Gasteiger partial charge in [-0.25, -0.2) is 8.42 Å². The highest BCUT2D eigenvalue weighted by atomic mass is 79.9. The second kappa shape index (κ2) is 6.57. The van der Waals surface area contributed by atoms with Gasteiger partial charge in [0.25, 0.3) is 0 Å². The van der Waals surface area contributed by atoms with Gasteiger partial charge in [0.1, 0.15) is 5.75 Å². The maximum Gasteiger partial charge on any atom is 0.247 e. The van der Waals surface area contributed by atoms with Gasteiger partial charge < -0.3 is 4.74 Å². The van der Waals surface area contributed by atoms with Crippen LogP contribution in [0.3, 0.4) is 0 Å². The first kappa shape index (κ1) is 17.0. The number of hydrazone groups is 1. The van der Waals surface area contributed by atoms with Crippen LogP contribution < -0.4 is 4.74 Å². The van der Waals surface area contributed by atoms with Crippen molar-refractivity contribution in [3.8, 4) is 5.75 Å². The van der Waals surface area contributed by atoms with Crippen LogP contribution in [0.15, 0.2) is 58.1 Å². The molecule has 1 atom stereocenters. The van der Waals surface area contributed by atoms with E-state index in [-0.39, 0.29) is 6.04 Å². The third-order valence-corrected chi connectivity index (χ3v) is 5.43. The fraction of sp³-hybridized carbons (Fsp3) is 0.235. The van der Waals surface area contributed by atoms with Gasteiger partial charge in [0.15, 0.2) is 0 Å². The molecule has 0 bridgehead atoms. The number of nitrogens with zero attached hydrogens (tertiary/aromatic N) is 2. The van der Waals surface area contributed by atoms with E-state index in [9.17, 15) is 8.42 Å². The number of benzene rings is 2. The molecule has 7 heteroatoms. The Hall–Kier alpha value is -1.86. The van der Waals surface area contributed by atoms with E-state index in [4.69, 9.17) is 4.74 Å². The molecule has 0 fully saturated rings. The minimum Gasteiger partial charge on any atom is -0.497 e. The molecule has 5 nitrogen and oxygen atoms in total. The standard InChI is InChI=1S/C17H17BrN2O3S/c1-23-15-9-5-13(6-10-15)17-11-16(19-20(17)24(2,21)22)12-3-7-14(18)8-4-12/h3-10,17H,11H2,1-2H3. The van der Waals surface area contributed by atoms with Crippen LogP contribution in [0.4, 0.5) is 0 Å². The number of methoxy groups -OCH3 is 1. The molecule has 0 amide bonds. The third kappa shape index (κ3) is 3.47. The Labute approximate surface area is 150 Å². The van der Waals surface area contributed by atoms with Crippen LogP contribution in [0.2, 0.25) is 0 Å². The number of ether oxygens (including phenoxy) is 1. The molecule has 1 aliphatic rings. The van der Waals surface area contributed by atoms with Crippen LogP contribution in [-0.2, 0) is 10.0 Å². The average Bonchev–Trinajstić information content (AvgIpc) is 3.01. The zero-order chi connectivity index (χ0) is 17.3. The predicted molar refractivity (Wildman–Crippen MR) is 97.7 cm³/mol. The van der Waals surface area contributed by atoms with E-state index < -0.39 is 10.0 Å². The summed E-state index contributed by atoms with van der Waals surface area (Å²) in [5.74, 6) is 0.733. The normalized spacial score (nSPS) is 17.7. The molecule has 1 heterocycles. The van der Waals surface area contributed by atoms with Crippen molar-refractivity contribution in [1.82, 2.24) is 4.41 Å². The summed E-state index contributed by atoms with van der Waals surface area (Å²) in [6.07, 6.45) is 1.71. The van der Waals surface area contributed by atoms with E-state index >= 15 is 0 Å². The van der Waals surface area contributed by atoms with Crippen molar-refractivity contribution >= 4 is 31.7 Å². The van der Waals surface area contributed by atoms with Crippen LogP contribution in [0.1, 0.15) is 23.6 Å². The maximum atomic E-state index is 12.2. The van der Waals surface area contributed by atoms with Gasteiger partial charge in [-0.05, 0) is 35.4 Å². The maximum absolute atomic E-state index is 12.2. The minimum atomic E-state index is -3.46. The Balaban J connectivity index is 1.96. The Morgan fingerprint density at radius 1 is 1.12 bits per heavy atom. The molecule has 0 saturated carbocycles. The van der Waals surface area contributed by atoms with E-state index in [0.29, 0.717) is 6.42 Å². The fourth-order valence-corrected chi connectivity index (χ4v) is 3.86. The van der Waals surface area contributed by atoms with Crippen LogP contribution in [0, 0.1) is 0 Å². The van der Waals surface area contributed by atoms with Crippen LogP contribution >= 0.6 is 15.9 Å². The molecule has 2 aromatic carbocycles. The van der Waals surface area contributed by atoms with Gasteiger partial charge in [0.2, 0.25) is 10.0 Å². The summed E-state index contributed by atoms with van der Waals surface area (Å²) in [5, 5.41) is 4.38. The molecule has 1 unspecified atom stereocenters. The third-order valence-electron chi connectivity index (χ3n) is 3.89. The number of hydrogen-bond donors (Lipinski definition) is 0.